The van der Waals surface area contributed by atoms with Gasteiger partial charge in [0.05, 0.1) is 0 Å². The molecular formula is C6H16N2. The minimum atomic E-state index is 0.290. The summed E-state index contributed by atoms with van der Waals surface area (Å²) in [4.78, 5) is 0. The van der Waals surface area contributed by atoms with E-state index in [9.17, 15) is 0 Å². The quantitative estimate of drug-likeness (QED) is 0.558. The summed E-state index contributed by atoms with van der Waals surface area (Å²) in [7, 11) is 0. The van der Waals surface area contributed by atoms with Crippen molar-refractivity contribution < 1.29 is 0 Å². The lowest BCUT2D eigenvalue weighted by Crippen LogP contribution is -2.25. The fraction of sp³-hybridized carbons (Fsp3) is 1.00. The van der Waals surface area contributed by atoms with Gasteiger partial charge in [-0.25, -0.2) is 0 Å². The van der Waals surface area contributed by atoms with E-state index in [1.807, 2.05) is 6.92 Å². The molecule has 0 aliphatic carbocycles. The molecule has 0 aliphatic rings. The van der Waals surface area contributed by atoms with Gasteiger partial charge in [-0.15, -0.1) is 0 Å². The first-order chi connectivity index (χ1) is 3.68. The summed E-state index contributed by atoms with van der Waals surface area (Å²) in [6.07, 6.45) is 1.04. The van der Waals surface area contributed by atoms with Gasteiger partial charge in [-0.05, 0) is 25.8 Å². The minimum absolute atomic E-state index is 0.290. The fourth-order valence-electron chi connectivity index (χ4n) is 0.526. The molecule has 2 heteroatoms. The predicted octanol–water partition coefficient (Wildman–Crippen LogP) is 0.319. The molecule has 0 saturated heterocycles. The van der Waals surface area contributed by atoms with Crippen molar-refractivity contribution in [1.82, 2.24) is 0 Å². The number of rotatable bonds is 3. The van der Waals surface area contributed by atoms with Crippen molar-refractivity contribution in [1.29, 1.82) is 0 Å². The Kier molecular flexibility index (Phi) is 3.83. The second-order valence-electron chi connectivity index (χ2n) is 2.41. The molecular weight excluding hydrogens is 100 g/mol. The summed E-state index contributed by atoms with van der Waals surface area (Å²) in [5, 5.41) is 0. The Balaban J connectivity index is 3.17. The van der Waals surface area contributed by atoms with Crippen molar-refractivity contribution in [3.8, 4) is 0 Å². The van der Waals surface area contributed by atoms with Crippen LogP contribution in [-0.2, 0) is 0 Å². The van der Waals surface area contributed by atoms with E-state index in [1.54, 1.807) is 0 Å². The van der Waals surface area contributed by atoms with E-state index in [-0.39, 0.29) is 0 Å². The topological polar surface area (TPSA) is 52.0 Å². The van der Waals surface area contributed by atoms with Gasteiger partial charge < -0.3 is 11.5 Å². The van der Waals surface area contributed by atoms with E-state index in [1.165, 1.54) is 0 Å². The molecule has 1 unspecified atom stereocenters. The third kappa shape index (κ3) is 2.99. The van der Waals surface area contributed by atoms with Gasteiger partial charge in [0.15, 0.2) is 0 Å². The molecule has 0 amide bonds. The summed E-state index contributed by atoms with van der Waals surface area (Å²) in [6, 6.07) is 0.290. The molecule has 0 aromatic carbocycles. The standard InChI is InChI=1S/C6H16N2/c1-5(3-4-7)6(2)8/h5-6H,3-4,7-8H2,1-2H3/t5-,6?/m0/s1. The van der Waals surface area contributed by atoms with Gasteiger partial charge in [-0.2, -0.15) is 0 Å². The maximum Gasteiger partial charge on any atom is 0.00365 e. The Morgan fingerprint density at radius 3 is 2.00 bits per heavy atom. The van der Waals surface area contributed by atoms with Crippen LogP contribution in [0.1, 0.15) is 20.3 Å². The van der Waals surface area contributed by atoms with Gasteiger partial charge >= 0.3 is 0 Å². The molecule has 0 rings (SSSR count). The van der Waals surface area contributed by atoms with Gasteiger partial charge in [0.2, 0.25) is 0 Å². The Morgan fingerprint density at radius 1 is 1.38 bits per heavy atom. The van der Waals surface area contributed by atoms with Gasteiger partial charge in [0, 0.05) is 6.04 Å². The van der Waals surface area contributed by atoms with E-state index < -0.39 is 0 Å². The molecule has 0 aromatic rings. The highest BCUT2D eigenvalue weighted by molar-refractivity contribution is 4.62. The molecule has 50 valence electrons. The molecule has 0 spiro atoms. The predicted molar refractivity (Wildman–Crippen MR) is 36.5 cm³/mol. The number of nitrogens with two attached hydrogens (primary N) is 2. The van der Waals surface area contributed by atoms with Crippen molar-refractivity contribution in [2.75, 3.05) is 6.54 Å². The highest BCUT2D eigenvalue weighted by atomic mass is 14.6. The normalized spacial score (nSPS) is 18.0. The van der Waals surface area contributed by atoms with Gasteiger partial charge in [-0.3, -0.25) is 0 Å². The summed E-state index contributed by atoms with van der Waals surface area (Å²) in [5.41, 5.74) is 10.9. The van der Waals surface area contributed by atoms with Crippen LogP contribution < -0.4 is 11.5 Å². The molecule has 0 radical (unpaired) electrons. The zero-order valence-corrected chi connectivity index (χ0v) is 5.72. The lowest BCUT2D eigenvalue weighted by molar-refractivity contribution is 0.457. The summed E-state index contributed by atoms with van der Waals surface area (Å²) in [5.74, 6) is 0.569. The van der Waals surface area contributed by atoms with Crippen molar-refractivity contribution in [2.24, 2.45) is 17.4 Å². The molecule has 0 fully saturated rings. The Morgan fingerprint density at radius 2 is 1.88 bits per heavy atom. The molecule has 2 nitrogen and oxygen atoms in total. The second-order valence-corrected chi connectivity index (χ2v) is 2.41. The second kappa shape index (κ2) is 3.87. The van der Waals surface area contributed by atoms with Crippen molar-refractivity contribution >= 4 is 0 Å². The van der Waals surface area contributed by atoms with Crippen LogP contribution in [0, 0.1) is 5.92 Å². The van der Waals surface area contributed by atoms with Crippen LogP contribution in [0.2, 0.25) is 0 Å². The SMILES string of the molecule is CC(N)[C@@H](C)CCN. The molecule has 0 bridgehead atoms. The molecule has 8 heavy (non-hydrogen) atoms. The summed E-state index contributed by atoms with van der Waals surface area (Å²) >= 11 is 0. The van der Waals surface area contributed by atoms with Crippen molar-refractivity contribution in [2.45, 2.75) is 26.3 Å². The van der Waals surface area contributed by atoms with Crippen LogP contribution >= 0.6 is 0 Å². The average molecular weight is 116 g/mol. The largest absolute Gasteiger partial charge is 0.330 e. The third-order valence-corrected chi connectivity index (χ3v) is 1.52. The van der Waals surface area contributed by atoms with Crippen LogP contribution in [0.25, 0.3) is 0 Å². The Labute approximate surface area is 51.2 Å². The van der Waals surface area contributed by atoms with Crippen LogP contribution in [0.3, 0.4) is 0 Å². The highest BCUT2D eigenvalue weighted by Gasteiger charge is 2.03. The molecule has 0 aromatic heterocycles. The van der Waals surface area contributed by atoms with Gasteiger partial charge in [-0.1, -0.05) is 6.92 Å². The fourth-order valence-corrected chi connectivity index (χ4v) is 0.526. The Hall–Kier alpha value is -0.0800. The molecule has 0 heterocycles. The minimum Gasteiger partial charge on any atom is -0.330 e. The summed E-state index contributed by atoms with van der Waals surface area (Å²) < 4.78 is 0. The average Bonchev–Trinajstić information content (AvgIpc) is 1.67. The zero-order chi connectivity index (χ0) is 6.57. The summed E-state index contributed by atoms with van der Waals surface area (Å²) in [6.45, 7) is 4.89. The van der Waals surface area contributed by atoms with Gasteiger partial charge in [0.1, 0.15) is 0 Å². The van der Waals surface area contributed by atoms with E-state index in [0.717, 1.165) is 13.0 Å². The molecule has 2 atom stereocenters. The van der Waals surface area contributed by atoms with E-state index in [0.29, 0.717) is 12.0 Å². The van der Waals surface area contributed by atoms with Crippen LogP contribution in [-0.4, -0.2) is 12.6 Å². The first-order valence-electron chi connectivity index (χ1n) is 3.14. The third-order valence-electron chi connectivity index (χ3n) is 1.52. The van der Waals surface area contributed by atoms with Gasteiger partial charge in [0.25, 0.3) is 0 Å². The van der Waals surface area contributed by atoms with Crippen molar-refractivity contribution in [3.05, 3.63) is 0 Å². The maximum absolute atomic E-state index is 5.57. The van der Waals surface area contributed by atoms with Crippen LogP contribution in [0.15, 0.2) is 0 Å². The molecule has 0 aliphatic heterocycles. The molecule has 4 N–H and O–H groups in total. The lowest BCUT2D eigenvalue weighted by atomic mass is 10.0. The number of hydrogen-bond donors (Lipinski definition) is 2. The number of hydrogen-bond acceptors (Lipinski definition) is 2. The van der Waals surface area contributed by atoms with E-state index in [2.05, 4.69) is 6.92 Å². The Bertz CT molecular complexity index is 52.5. The van der Waals surface area contributed by atoms with Crippen molar-refractivity contribution in [3.63, 3.8) is 0 Å². The first-order valence-corrected chi connectivity index (χ1v) is 3.14. The van der Waals surface area contributed by atoms with Crippen LogP contribution in [0.4, 0.5) is 0 Å². The maximum atomic E-state index is 5.57. The first kappa shape index (κ1) is 7.92. The van der Waals surface area contributed by atoms with E-state index in [4.69, 9.17) is 11.5 Å². The lowest BCUT2D eigenvalue weighted by Gasteiger charge is -2.12. The zero-order valence-electron chi connectivity index (χ0n) is 5.72. The smallest absolute Gasteiger partial charge is 0.00365 e. The highest BCUT2D eigenvalue weighted by Crippen LogP contribution is 2.02. The van der Waals surface area contributed by atoms with Crippen LogP contribution in [0.5, 0.6) is 0 Å². The molecule has 0 saturated carbocycles. The monoisotopic (exact) mass is 116 g/mol. The van der Waals surface area contributed by atoms with E-state index >= 15 is 0 Å².